The molecule has 2 aromatic carbocycles. The summed E-state index contributed by atoms with van der Waals surface area (Å²) < 4.78 is 27.4. The highest BCUT2D eigenvalue weighted by atomic mass is 35.5. The number of halogens is 1. The summed E-state index contributed by atoms with van der Waals surface area (Å²) in [6, 6.07) is 13.9. The maximum atomic E-state index is 12.7. The zero-order valence-corrected chi connectivity index (χ0v) is 18.8. The maximum absolute atomic E-state index is 12.7. The van der Waals surface area contributed by atoms with Gasteiger partial charge in [-0.2, -0.15) is 0 Å². The molecule has 4 rings (SSSR count). The number of sulfonamides is 1. The van der Waals surface area contributed by atoms with Gasteiger partial charge < -0.3 is 5.11 Å². The molecule has 31 heavy (non-hydrogen) atoms. The van der Waals surface area contributed by atoms with Gasteiger partial charge in [-0.1, -0.05) is 35.9 Å². The zero-order valence-electron chi connectivity index (χ0n) is 17.2. The molecule has 1 atom stereocenters. The molecule has 0 aromatic heterocycles. The van der Waals surface area contributed by atoms with Crippen molar-refractivity contribution in [2.45, 2.75) is 43.4 Å². The van der Waals surface area contributed by atoms with Crippen molar-refractivity contribution in [1.29, 1.82) is 0 Å². The van der Waals surface area contributed by atoms with Crippen LogP contribution in [-0.2, 0) is 27.7 Å². The molecule has 0 radical (unpaired) electrons. The molecule has 0 amide bonds. The first-order valence-corrected chi connectivity index (χ1v) is 12.5. The summed E-state index contributed by atoms with van der Waals surface area (Å²) in [5.74, 6) is 0.729. The van der Waals surface area contributed by atoms with Crippen LogP contribution in [0.3, 0.4) is 0 Å². The number of benzene rings is 2. The highest BCUT2D eigenvalue weighted by Gasteiger charge is 2.36. The minimum Gasteiger partial charge on any atom is -0.512 e. The number of Topliss-reactive ketones (excluding diaryl/α,β-unsaturated/α-hetero) is 1. The average molecular weight is 460 g/mol. The summed E-state index contributed by atoms with van der Waals surface area (Å²) in [5, 5.41) is 10.7. The fourth-order valence-corrected chi connectivity index (χ4v) is 5.21. The van der Waals surface area contributed by atoms with Crippen LogP contribution in [0.5, 0.6) is 0 Å². The lowest BCUT2D eigenvalue weighted by atomic mass is 9.93. The molecule has 7 heteroatoms. The van der Waals surface area contributed by atoms with E-state index in [1.165, 1.54) is 12.1 Å². The molecule has 164 valence electrons. The van der Waals surface area contributed by atoms with E-state index >= 15 is 0 Å². The first-order chi connectivity index (χ1) is 14.8. The van der Waals surface area contributed by atoms with E-state index in [9.17, 15) is 18.3 Å². The summed E-state index contributed by atoms with van der Waals surface area (Å²) in [6.07, 6.45) is 4.56. The van der Waals surface area contributed by atoms with Gasteiger partial charge in [0.2, 0.25) is 10.0 Å². The Morgan fingerprint density at radius 2 is 1.74 bits per heavy atom. The largest absolute Gasteiger partial charge is 0.512 e. The molecule has 1 fully saturated rings. The molecule has 1 saturated carbocycles. The molecule has 2 aromatic rings. The van der Waals surface area contributed by atoms with E-state index in [1.807, 2.05) is 24.3 Å². The monoisotopic (exact) mass is 459 g/mol. The standard InChI is InChI=1S/C24H26ClNO4S/c25-20-6-8-21(9-7-20)31(29,30)26-11-10-16-2-1-3-18(12-16)13-19-15-23(27)22(24(19)28)14-17-4-5-17/h1-3,6-9,12,17,19,26-27H,4-5,10-11,13-15H2. The van der Waals surface area contributed by atoms with Gasteiger partial charge >= 0.3 is 0 Å². The lowest BCUT2D eigenvalue weighted by molar-refractivity contribution is -0.118. The Bertz CT molecular complexity index is 1100. The molecule has 5 nitrogen and oxygen atoms in total. The number of hydrogen-bond donors (Lipinski definition) is 2. The third kappa shape index (κ3) is 5.56. The molecule has 0 bridgehead atoms. The van der Waals surface area contributed by atoms with Gasteiger partial charge in [0.25, 0.3) is 0 Å². The molecular weight excluding hydrogens is 434 g/mol. The number of hydrogen-bond acceptors (Lipinski definition) is 4. The predicted octanol–water partition coefficient (Wildman–Crippen LogP) is 4.60. The number of rotatable bonds is 9. The van der Waals surface area contributed by atoms with Gasteiger partial charge in [-0.25, -0.2) is 13.1 Å². The number of nitrogens with one attached hydrogen (secondary N) is 1. The van der Waals surface area contributed by atoms with E-state index in [2.05, 4.69) is 4.72 Å². The van der Waals surface area contributed by atoms with Crippen molar-refractivity contribution in [3.05, 3.63) is 76.0 Å². The Morgan fingerprint density at radius 1 is 1.03 bits per heavy atom. The van der Waals surface area contributed by atoms with Crippen LogP contribution >= 0.6 is 11.6 Å². The number of carbonyl (C=O) groups is 1. The van der Waals surface area contributed by atoms with Crippen molar-refractivity contribution in [3.8, 4) is 0 Å². The molecule has 2 aliphatic rings. The number of allylic oxidation sites excluding steroid dienone is 2. The van der Waals surface area contributed by atoms with Crippen LogP contribution in [0.4, 0.5) is 0 Å². The highest BCUT2D eigenvalue weighted by molar-refractivity contribution is 7.89. The zero-order chi connectivity index (χ0) is 22.0. The first kappa shape index (κ1) is 22.1. The van der Waals surface area contributed by atoms with Crippen LogP contribution in [0.2, 0.25) is 5.02 Å². The van der Waals surface area contributed by atoms with Crippen molar-refractivity contribution in [2.24, 2.45) is 11.8 Å². The third-order valence-electron chi connectivity index (χ3n) is 5.95. The van der Waals surface area contributed by atoms with Gasteiger partial charge in [-0.15, -0.1) is 0 Å². The Balaban J connectivity index is 1.32. The molecular formula is C24H26ClNO4S. The summed E-state index contributed by atoms with van der Waals surface area (Å²) in [7, 11) is -3.59. The maximum Gasteiger partial charge on any atom is 0.240 e. The fourth-order valence-electron chi connectivity index (χ4n) is 4.06. The summed E-state index contributed by atoms with van der Waals surface area (Å²) in [5.41, 5.74) is 2.66. The van der Waals surface area contributed by atoms with Crippen molar-refractivity contribution in [2.75, 3.05) is 6.54 Å². The molecule has 0 spiro atoms. The van der Waals surface area contributed by atoms with E-state index in [-0.39, 0.29) is 28.9 Å². The van der Waals surface area contributed by atoms with E-state index < -0.39 is 10.0 Å². The molecule has 2 N–H and O–H groups in total. The quantitative estimate of drug-likeness (QED) is 0.573. The summed E-state index contributed by atoms with van der Waals surface area (Å²) >= 11 is 5.82. The van der Waals surface area contributed by atoms with Gasteiger partial charge in [0.05, 0.1) is 10.7 Å². The van der Waals surface area contributed by atoms with Crippen LogP contribution in [0.1, 0.15) is 36.8 Å². The van der Waals surface area contributed by atoms with E-state index in [0.29, 0.717) is 35.8 Å². The Hall–Kier alpha value is -2.15. The van der Waals surface area contributed by atoms with Gasteiger partial charge in [-0.3, -0.25) is 4.79 Å². The number of aliphatic hydroxyl groups excluding tert-OH is 1. The molecule has 0 aliphatic heterocycles. The Kier molecular flexibility index (Phi) is 6.51. The lowest BCUT2D eigenvalue weighted by Crippen LogP contribution is -2.26. The van der Waals surface area contributed by atoms with Crippen LogP contribution in [0.25, 0.3) is 0 Å². The minimum absolute atomic E-state index is 0.0885. The Morgan fingerprint density at radius 3 is 2.45 bits per heavy atom. The molecule has 1 unspecified atom stereocenters. The van der Waals surface area contributed by atoms with Crippen molar-refractivity contribution in [3.63, 3.8) is 0 Å². The molecule has 2 aliphatic carbocycles. The minimum atomic E-state index is -3.59. The molecule has 0 heterocycles. The van der Waals surface area contributed by atoms with Gasteiger partial charge in [0.1, 0.15) is 0 Å². The van der Waals surface area contributed by atoms with Gasteiger partial charge in [-0.05, 0) is 73.4 Å². The van der Waals surface area contributed by atoms with E-state index in [4.69, 9.17) is 11.6 Å². The molecule has 0 saturated heterocycles. The first-order valence-electron chi connectivity index (χ1n) is 10.6. The second kappa shape index (κ2) is 9.15. The van der Waals surface area contributed by atoms with Crippen LogP contribution in [-0.4, -0.2) is 25.9 Å². The average Bonchev–Trinajstić information content (AvgIpc) is 3.51. The van der Waals surface area contributed by atoms with E-state index in [1.54, 1.807) is 12.1 Å². The van der Waals surface area contributed by atoms with Crippen LogP contribution in [0.15, 0.2) is 64.8 Å². The third-order valence-corrected chi connectivity index (χ3v) is 7.68. The smallest absolute Gasteiger partial charge is 0.240 e. The number of aliphatic hydroxyl groups is 1. The SMILES string of the molecule is O=C1C(CC2CC2)=C(O)CC1Cc1cccc(CCNS(=O)(=O)c2ccc(Cl)cc2)c1. The number of carbonyl (C=O) groups excluding carboxylic acids is 1. The number of ketones is 1. The van der Waals surface area contributed by atoms with Crippen LogP contribution in [0, 0.1) is 11.8 Å². The van der Waals surface area contributed by atoms with E-state index in [0.717, 1.165) is 30.4 Å². The van der Waals surface area contributed by atoms with Crippen molar-refractivity contribution in [1.82, 2.24) is 4.72 Å². The van der Waals surface area contributed by atoms with Gasteiger partial charge in [0.15, 0.2) is 5.78 Å². The summed E-state index contributed by atoms with van der Waals surface area (Å²) in [4.78, 5) is 12.9. The predicted molar refractivity (Wildman–Crippen MR) is 121 cm³/mol. The Labute approximate surface area is 188 Å². The van der Waals surface area contributed by atoms with Gasteiger partial charge in [0, 0.05) is 29.5 Å². The highest BCUT2D eigenvalue weighted by Crippen LogP contribution is 2.40. The summed E-state index contributed by atoms with van der Waals surface area (Å²) in [6.45, 7) is 0.269. The fraction of sp³-hybridized carbons (Fsp3) is 0.375. The van der Waals surface area contributed by atoms with Crippen LogP contribution < -0.4 is 4.72 Å². The van der Waals surface area contributed by atoms with Crippen molar-refractivity contribution < 1.29 is 18.3 Å². The lowest BCUT2D eigenvalue weighted by Gasteiger charge is -2.11. The topological polar surface area (TPSA) is 83.5 Å². The second-order valence-corrected chi connectivity index (χ2v) is 10.7. The second-order valence-electron chi connectivity index (χ2n) is 8.46. The normalized spacial score (nSPS) is 19.3. The van der Waals surface area contributed by atoms with Crippen molar-refractivity contribution >= 4 is 27.4 Å².